The van der Waals surface area contributed by atoms with E-state index in [1.165, 1.54) is 5.56 Å². The highest BCUT2D eigenvalue weighted by Gasteiger charge is 2.09. The molecule has 0 saturated heterocycles. The summed E-state index contributed by atoms with van der Waals surface area (Å²) < 4.78 is 1.09. The molecule has 0 bridgehead atoms. The van der Waals surface area contributed by atoms with Crippen LogP contribution in [0.15, 0.2) is 59.2 Å². The molecule has 4 heteroatoms. The van der Waals surface area contributed by atoms with Gasteiger partial charge in [0, 0.05) is 35.3 Å². The maximum atomic E-state index is 6.01. The van der Waals surface area contributed by atoms with Crippen LogP contribution in [-0.2, 0) is 6.54 Å². The van der Waals surface area contributed by atoms with E-state index in [0.717, 1.165) is 27.6 Å². The number of anilines is 2. The van der Waals surface area contributed by atoms with Crippen molar-refractivity contribution in [2.24, 2.45) is 0 Å². The smallest absolute Gasteiger partial charge is 0.0951 e. The highest BCUT2D eigenvalue weighted by atomic mass is 79.9. The zero-order valence-corrected chi connectivity index (χ0v) is 13.3. The number of pyridine rings is 1. The quantitative estimate of drug-likeness (QED) is 0.725. The van der Waals surface area contributed by atoms with Crippen LogP contribution in [0.2, 0.25) is 0 Å². The van der Waals surface area contributed by atoms with Gasteiger partial charge in [-0.1, -0.05) is 28.1 Å². The third kappa shape index (κ3) is 2.85. The number of fused-ring (bicyclic) bond motifs is 1. The summed E-state index contributed by atoms with van der Waals surface area (Å²) in [4.78, 5) is 6.60. The van der Waals surface area contributed by atoms with Crippen LogP contribution < -0.4 is 10.6 Å². The summed E-state index contributed by atoms with van der Waals surface area (Å²) in [5.41, 5.74) is 9.96. The Hall–Kier alpha value is -2.07. The fraction of sp³-hybridized carbons (Fsp3) is 0.118. The van der Waals surface area contributed by atoms with Gasteiger partial charge in [0.15, 0.2) is 0 Å². The molecule has 0 aliphatic carbocycles. The lowest BCUT2D eigenvalue weighted by Crippen LogP contribution is -2.16. The number of hydrogen-bond acceptors (Lipinski definition) is 3. The molecule has 0 radical (unpaired) electrons. The van der Waals surface area contributed by atoms with Gasteiger partial charge in [0.2, 0.25) is 0 Å². The molecule has 21 heavy (non-hydrogen) atoms. The molecule has 0 aliphatic heterocycles. The van der Waals surface area contributed by atoms with Crippen molar-refractivity contribution >= 4 is 38.2 Å². The zero-order chi connectivity index (χ0) is 14.8. The average Bonchev–Trinajstić information content (AvgIpc) is 2.48. The number of hydrogen-bond donors (Lipinski definition) is 1. The minimum absolute atomic E-state index is 0.713. The van der Waals surface area contributed by atoms with E-state index in [1.54, 1.807) is 6.20 Å². The second kappa shape index (κ2) is 5.74. The van der Waals surface area contributed by atoms with Gasteiger partial charge in [0.1, 0.15) is 0 Å². The van der Waals surface area contributed by atoms with Gasteiger partial charge in [0.25, 0.3) is 0 Å². The van der Waals surface area contributed by atoms with Crippen molar-refractivity contribution < 1.29 is 0 Å². The molecule has 0 unspecified atom stereocenters. The molecular formula is C17H16BrN3. The number of nitrogens with two attached hydrogens (primary N) is 1. The van der Waals surface area contributed by atoms with E-state index in [1.807, 2.05) is 18.2 Å². The van der Waals surface area contributed by atoms with Gasteiger partial charge in [-0.2, -0.15) is 0 Å². The van der Waals surface area contributed by atoms with Crippen molar-refractivity contribution in [3.05, 3.63) is 64.8 Å². The predicted molar refractivity (Wildman–Crippen MR) is 92.4 cm³/mol. The van der Waals surface area contributed by atoms with Crippen molar-refractivity contribution in [2.75, 3.05) is 17.7 Å². The number of nitrogen functional groups attached to an aromatic ring is 1. The predicted octanol–water partition coefficient (Wildman–Crippen LogP) is 4.22. The second-order valence-electron chi connectivity index (χ2n) is 5.06. The standard InChI is InChI=1S/C17H16BrN3/c1-21(11-12-4-2-5-13(18)10-12)16-8-7-15(19)17-14(16)6-3-9-20-17/h2-10H,11,19H2,1H3. The van der Waals surface area contributed by atoms with Gasteiger partial charge < -0.3 is 10.6 Å². The first-order valence-corrected chi connectivity index (χ1v) is 7.53. The number of aromatic nitrogens is 1. The maximum Gasteiger partial charge on any atom is 0.0951 e. The first-order chi connectivity index (χ1) is 10.1. The summed E-state index contributed by atoms with van der Waals surface area (Å²) in [5.74, 6) is 0. The third-order valence-electron chi connectivity index (χ3n) is 3.50. The van der Waals surface area contributed by atoms with E-state index < -0.39 is 0 Å². The third-order valence-corrected chi connectivity index (χ3v) is 3.99. The topological polar surface area (TPSA) is 42.1 Å². The normalized spacial score (nSPS) is 10.8. The van der Waals surface area contributed by atoms with Crippen LogP contribution in [0.4, 0.5) is 11.4 Å². The van der Waals surface area contributed by atoms with Crippen molar-refractivity contribution in [1.82, 2.24) is 4.98 Å². The van der Waals surface area contributed by atoms with Gasteiger partial charge in [-0.25, -0.2) is 0 Å². The van der Waals surface area contributed by atoms with Crippen LogP contribution in [0, 0.1) is 0 Å². The summed E-state index contributed by atoms with van der Waals surface area (Å²) in [6.07, 6.45) is 1.77. The van der Waals surface area contributed by atoms with Crippen molar-refractivity contribution in [1.29, 1.82) is 0 Å². The Morgan fingerprint density at radius 1 is 1.14 bits per heavy atom. The Morgan fingerprint density at radius 3 is 2.81 bits per heavy atom. The second-order valence-corrected chi connectivity index (χ2v) is 5.98. The molecule has 106 valence electrons. The summed E-state index contributed by atoms with van der Waals surface area (Å²) in [5, 5.41) is 1.08. The van der Waals surface area contributed by atoms with E-state index in [2.05, 4.69) is 63.2 Å². The summed E-state index contributed by atoms with van der Waals surface area (Å²) >= 11 is 3.51. The molecule has 1 aromatic heterocycles. The van der Waals surface area contributed by atoms with Gasteiger partial charge in [-0.15, -0.1) is 0 Å². The SMILES string of the molecule is CN(Cc1cccc(Br)c1)c1ccc(N)c2ncccc12. The van der Waals surface area contributed by atoms with Gasteiger partial charge >= 0.3 is 0 Å². The molecule has 3 rings (SSSR count). The van der Waals surface area contributed by atoms with Crippen LogP contribution in [0.5, 0.6) is 0 Å². The Bertz CT molecular complexity index is 786. The molecule has 0 fully saturated rings. The molecule has 0 atom stereocenters. The molecule has 3 nitrogen and oxygen atoms in total. The summed E-state index contributed by atoms with van der Waals surface area (Å²) in [7, 11) is 2.08. The Balaban J connectivity index is 1.98. The van der Waals surface area contributed by atoms with E-state index in [9.17, 15) is 0 Å². The monoisotopic (exact) mass is 341 g/mol. The van der Waals surface area contributed by atoms with E-state index >= 15 is 0 Å². The Morgan fingerprint density at radius 2 is 2.00 bits per heavy atom. The van der Waals surface area contributed by atoms with E-state index in [4.69, 9.17) is 5.73 Å². The molecule has 0 amide bonds. The molecule has 0 aliphatic rings. The van der Waals surface area contributed by atoms with E-state index in [-0.39, 0.29) is 0 Å². The number of nitrogens with zero attached hydrogens (tertiary/aromatic N) is 2. The largest absolute Gasteiger partial charge is 0.397 e. The Labute approximate surface area is 132 Å². The van der Waals surface area contributed by atoms with Crippen LogP contribution in [0.25, 0.3) is 10.9 Å². The number of halogens is 1. The minimum Gasteiger partial charge on any atom is -0.397 e. The van der Waals surface area contributed by atoms with Crippen LogP contribution in [-0.4, -0.2) is 12.0 Å². The molecule has 3 aromatic rings. The van der Waals surface area contributed by atoms with Crippen molar-refractivity contribution in [3.8, 4) is 0 Å². The molecule has 0 spiro atoms. The first kappa shape index (κ1) is 13.9. The van der Waals surface area contributed by atoms with Gasteiger partial charge in [0.05, 0.1) is 11.2 Å². The fourth-order valence-corrected chi connectivity index (χ4v) is 2.95. The van der Waals surface area contributed by atoms with Gasteiger partial charge in [-0.3, -0.25) is 4.98 Å². The lowest BCUT2D eigenvalue weighted by Gasteiger charge is -2.21. The van der Waals surface area contributed by atoms with E-state index in [0.29, 0.717) is 5.69 Å². The average molecular weight is 342 g/mol. The van der Waals surface area contributed by atoms with Crippen LogP contribution in [0.1, 0.15) is 5.56 Å². The molecule has 0 saturated carbocycles. The highest BCUT2D eigenvalue weighted by Crippen LogP contribution is 2.29. The number of rotatable bonds is 3. The fourth-order valence-electron chi connectivity index (χ4n) is 2.51. The molecule has 2 aromatic carbocycles. The first-order valence-electron chi connectivity index (χ1n) is 6.74. The van der Waals surface area contributed by atoms with Crippen molar-refractivity contribution in [3.63, 3.8) is 0 Å². The molecule has 1 heterocycles. The maximum absolute atomic E-state index is 6.01. The lowest BCUT2D eigenvalue weighted by molar-refractivity contribution is 0.927. The summed E-state index contributed by atoms with van der Waals surface area (Å²) in [6.45, 7) is 0.827. The molecular weight excluding hydrogens is 326 g/mol. The number of benzene rings is 2. The van der Waals surface area contributed by atoms with Crippen LogP contribution in [0.3, 0.4) is 0 Å². The zero-order valence-electron chi connectivity index (χ0n) is 11.8. The van der Waals surface area contributed by atoms with Crippen LogP contribution >= 0.6 is 15.9 Å². The van der Waals surface area contributed by atoms with Crippen molar-refractivity contribution in [2.45, 2.75) is 6.54 Å². The highest BCUT2D eigenvalue weighted by molar-refractivity contribution is 9.10. The van der Waals surface area contributed by atoms with Gasteiger partial charge in [-0.05, 0) is 42.0 Å². The lowest BCUT2D eigenvalue weighted by atomic mass is 10.1. The summed E-state index contributed by atoms with van der Waals surface area (Å²) in [6, 6.07) is 16.3. The minimum atomic E-state index is 0.713. The Kier molecular flexibility index (Phi) is 3.80. The molecule has 2 N–H and O–H groups in total.